The van der Waals surface area contributed by atoms with Crippen LogP contribution in [-0.2, 0) is 30.0 Å². The van der Waals surface area contributed by atoms with Crippen molar-refractivity contribution in [2.75, 3.05) is 12.3 Å². The Bertz CT molecular complexity index is 1600. The molecule has 3 aromatic rings. The molecule has 240 valence electrons. The van der Waals surface area contributed by atoms with Gasteiger partial charge < -0.3 is 29.9 Å². The number of azide groups is 1. The predicted molar refractivity (Wildman–Crippen MR) is 160 cm³/mol. The Balaban J connectivity index is 1.62. The van der Waals surface area contributed by atoms with Crippen LogP contribution in [0.15, 0.2) is 82.8 Å². The third-order valence-electron chi connectivity index (χ3n) is 6.68. The number of aliphatic hydroxyl groups excluding tert-OH is 2. The SMILES string of the molecule is CC(C)C[C@@H](NP(=O)(OCC1(N=[N+]=[N-])O[C@@H](n2ccc(N)nc2=O)[C@H](O)[C@@H]1O)Oc1ccccc1)C(=O)OCc1ccccc1. The first-order valence-corrected chi connectivity index (χ1v) is 15.4. The first-order chi connectivity index (χ1) is 21.4. The fourth-order valence-corrected chi connectivity index (χ4v) is 6.03. The van der Waals surface area contributed by atoms with Gasteiger partial charge in [-0.3, -0.25) is 13.9 Å². The van der Waals surface area contributed by atoms with E-state index >= 15 is 0 Å². The topological polar surface area (TPSA) is 233 Å². The Hall–Kier alpha value is -4.27. The summed E-state index contributed by atoms with van der Waals surface area (Å²) in [5, 5.41) is 27.9. The van der Waals surface area contributed by atoms with Crippen LogP contribution in [0.1, 0.15) is 32.1 Å². The van der Waals surface area contributed by atoms with Gasteiger partial charge in [-0.15, -0.1) is 0 Å². The third kappa shape index (κ3) is 8.47. The number of rotatable bonds is 14. The number of hydrogen-bond acceptors (Lipinski definition) is 12. The Kier molecular flexibility index (Phi) is 11.0. The van der Waals surface area contributed by atoms with Gasteiger partial charge in [0.25, 0.3) is 0 Å². The fraction of sp³-hybridized carbons (Fsp3) is 0.393. The standard InChI is InChI=1S/C28H34N7O9P/c1-18(2)15-21(26(38)41-16-19-9-5-3-6-10-19)32-45(40,44-20-11-7-4-8-12-20)42-17-28(33-34-30)24(37)23(36)25(43-28)35-14-13-22(29)31-27(35)39/h3-14,18,21,23-25,36-37H,15-17H2,1-2H3,(H,32,40)(H2,29,31,39)/t21-,23-,24+,25-,28?,45?/m1/s1. The largest absolute Gasteiger partial charge is 0.460 e. The van der Waals surface area contributed by atoms with E-state index in [1.165, 1.54) is 24.4 Å². The number of hydrogen-bond donors (Lipinski definition) is 4. The number of nitrogens with one attached hydrogen (secondary N) is 1. The molecule has 1 saturated heterocycles. The van der Waals surface area contributed by atoms with E-state index in [0.717, 1.165) is 10.1 Å². The summed E-state index contributed by atoms with van der Waals surface area (Å²) in [4.78, 5) is 31.9. The Morgan fingerprint density at radius 1 is 1.20 bits per heavy atom. The Morgan fingerprint density at radius 2 is 1.87 bits per heavy atom. The lowest BCUT2D eigenvalue weighted by Gasteiger charge is -2.30. The van der Waals surface area contributed by atoms with Gasteiger partial charge in [0.15, 0.2) is 6.23 Å². The molecule has 0 bridgehead atoms. The summed E-state index contributed by atoms with van der Waals surface area (Å²) < 4.78 is 37.7. The van der Waals surface area contributed by atoms with Crippen LogP contribution < -0.4 is 21.0 Å². The first-order valence-electron chi connectivity index (χ1n) is 13.9. The lowest BCUT2D eigenvalue weighted by atomic mass is 10.1. The quantitative estimate of drug-likeness (QED) is 0.0652. The van der Waals surface area contributed by atoms with Gasteiger partial charge in [0.2, 0.25) is 5.72 Å². The van der Waals surface area contributed by atoms with Gasteiger partial charge in [0.05, 0.1) is 6.61 Å². The third-order valence-corrected chi connectivity index (χ3v) is 8.23. The second kappa shape index (κ2) is 14.7. The number of carbonyl (C=O) groups excluding carboxylic acids is 1. The summed E-state index contributed by atoms with van der Waals surface area (Å²) in [5.41, 5.74) is 12.3. The molecule has 1 aliphatic heterocycles. The van der Waals surface area contributed by atoms with Crippen LogP contribution in [0.5, 0.6) is 5.75 Å². The number of nitrogens with two attached hydrogens (primary N) is 1. The second-order valence-corrected chi connectivity index (χ2v) is 12.3. The van der Waals surface area contributed by atoms with E-state index in [9.17, 15) is 29.9 Å². The number of para-hydroxylation sites is 1. The van der Waals surface area contributed by atoms with Crippen molar-refractivity contribution < 1.29 is 38.1 Å². The van der Waals surface area contributed by atoms with E-state index in [1.807, 2.05) is 19.9 Å². The van der Waals surface area contributed by atoms with Gasteiger partial charge >= 0.3 is 19.4 Å². The van der Waals surface area contributed by atoms with Crippen molar-refractivity contribution in [3.05, 3.63) is 99.4 Å². The molecule has 0 spiro atoms. The van der Waals surface area contributed by atoms with Crippen LogP contribution >= 0.6 is 7.75 Å². The smallest absolute Gasteiger partial charge is 0.459 e. The van der Waals surface area contributed by atoms with E-state index < -0.39 is 56.2 Å². The van der Waals surface area contributed by atoms with Crippen molar-refractivity contribution in [2.45, 2.75) is 57.1 Å². The highest BCUT2D eigenvalue weighted by molar-refractivity contribution is 7.52. The second-order valence-electron chi connectivity index (χ2n) is 10.6. The Morgan fingerprint density at radius 3 is 2.49 bits per heavy atom. The number of aromatic nitrogens is 2. The van der Waals surface area contributed by atoms with E-state index in [-0.39, 0.29) is 30.5 Å². The van der Waals surface area contributed by atoms with Crippen molar-refractivity contribution in [1.29, 1.82) is 0 Å². The fourth-order valence-electron chi connectivity index (χ4n) is 4.50. The normalized spacial score (nSPS) is 23.1. The molecule has 45 heavy (non-hydrogen) atoms. The lowest BCUT2D eigenvalue weighted by molar-refractivity contribution is -0.147. The van der Waals surface area contributed by atoms with Crippen molar-refractivity contribution in [3.8, 4) is 5.75 Å². The highest BCUT2D eigenvalue weighted by Gasteiger charge is 2.56. The summed E-state index contributed by atoms with van der Waals surface area (Å²) in [5.74, 6) is -0.815. The first kappa shape index (κ1) is 33.6. The highest BCUT2D eigenvalue weighted by atomic mass is 31.2. The number of benzene rings is 2. The molecule has 16 nitrogen and oxygen atoms in total. The maximum atomic E-state index is 14.3. The van der Waals surface area contributed by atoms with Crippen molar-refractivity contribution in [2.24, 2.45) is 11.0 Å². The number of ether oxygens (including phenoxy) is 2. The molecular formula is C28H34N7O9P. The molecule has 17 heteroatoms. The molecule has 0 radical (unpaired) electrons. The number of aliphatic hydroxyl groups is 2. The number of nitrogen functional groups attached to an aromatic ring is 1. The number of nitrogens with zero attached hydrogens (tertiary/aromatic N) is 5. The molecule has 1 aromatic heterocycles. The minimum atomic E-state index is -4.58. The molecule has 0 aliphatic carbocycles. The van der Waals surface area contributed by atoms with Crippen LogP contribution in [0.25, 0.3) is 10.4 Å². The molecule has 2 heterocycles. The molecule has 1 fully saturated rings. The summed E-state index contributed by atoms with van der Waals surface area (Å²) in [6, 6.07) is 17.0. The van der Waals surface area contributed by atoms with Gasteiger partial charge in [-0.2, -0.15) is 10.1 Å². The Labute approximate surface area is 257 Å². The molecule has 0 saturated carbocycles. The van der Waals surface area contributed by atoms with E-state index in [4.69, 9.17) is 24.3 Å². The lowest BCUT2D eigenvalue weighted by Crippen LogP contribution is -2.46. The zero-order valence-electron chi connectivity index (χ0n) is 24.4. The monoisotopic (exact) mass is 643 g/mol. The number of anilines is 1. The van der Waals surface area contributed by atoms with Crippen molar-refractivity contribution in [1.82, 2.24) is 14.6 Å². The molecule has 6 atom stereocenters. The van der Waals surface area contributed by atoms with Gasteiger partial charge in [0, 0.05) is 11.1 Å². The highest BCUT2D eigenvalue weighted by Crippen LogP contribution is 2.48. The molecule has 0 amide bonds. The average Bonchev–Trinajstić information content (AvgIpc) is 3.25. The maximum absolute atomic E-state index is 14.3. The minimum absolute atomic E-state index is 0.0423. The molecular weight excluding hydrogens is 609 g/mol. The van der Waals surface area contributed by atoms with Crippen molar-refractivity contribution >= 4 is 19.5 Å². The average molecular weight is 644 g/mol. The van der Waals surface area contributed by atoms with Crippen LogP contribution in [0, 0.1) is 5.92 Å². The summed E-state index contributed by atoms with van der Waals surface area (Å²) >= 11 is 0. The van der Waals surface area contributed by atoms with Crippen LogP contribution in [0.3, 0.4) is 0 Å². The van der Waals surface area contributed by atoms with E-state index in [1.54, 1.807) is 42.5 Å². The van der Waals surface area contributed by atoms with Gasteiger partial charge in [-0.05, 0) is 41.6 Å². The van der Waals surface area contributed by atoms with E-state index in [0.29, 0.717) is 0 Å². The maximum Gasteiger partial charge on any atom is 0.459 e. The minimum Gasteiger partial charge on any atom is -0.460 e. The van der Waals surface area contributed by atoms with E-state index in [2.05, 4.69) is 20.1 Å². The number of esters is 1. The summed E-state index contributed by atoms with van der Waals surface area (Å²) in [6.45, 7) is 2.70. The zero-order chi connectivity index (χ0) is 32.6. The van der Waals surface area contributed by atoms with Crippen LogP contribution in [-0.4, -0.2) is 56.3 Å². The van der Waals surface area contributed by atoms with Crippen LogP contribution in [0.4, 0.5) is 5.82 Å². The van der Waals surface area contributed by atoms with Gasteiger partial charge in [-0.1, -0.05) is 67.5 Å². The molecule has 1 aliphatic rings. The molecule has 2 aromatic carbocycles. The number of carbonyl (C=O) groups is 1. The summed E-state index contributed by atoms with van der Waals surface area (Å²) in [6.07, 6.45) is -4.07. The predicted octanol–water partition coefficient (Wildman–Crippen LogP) is 3.03. The van der Waals surface area contributed by atoms with Crippen LogP contribution in [0.2, 0.25) is 0 Å². The van der Waals surface area contributed by atoms with Gasteiger partial charge in [-0.25, -0.2) is 9.36 Å². The molecule has 5 N–H and O–H groups in total. The summed E-state index contributed by atoms with van der Waals surface area (Å²) in [7, 11) is -4.58. The molecule has 2 unspecified atom stereocenters. The van der Waals surface area contributed by atoms with Crippen molar-refractivity contribution in [3.63, 3.8) is 0 Å². The molecule has 4 rings (SSSR count). The zero-order valence-corrected chi connectivity index (χ0v) is 25.3. The van der Waals surface area contributed by atoms with Gasteiger partial charge in [0.1, 0.15) is 36.4 Å².